The van der Waals surface area contributed by atoms with Crippen molar-refractivity contribution in [3.8, 4) is 11.6 Å². The van der Waals surface area contributed by atoms with Crippen molar-refractivity contribution in [2.45, 2.75) is 32.8 Å². The molecule has 2 N–H and O–H groups in total. The average molecular weight is 506 g/mol. The number of nitrogens with two attached hydrogens (primary N) is 1. The van der Waals surface area contributed by atoms with E-state index in [0.29, 0.717) is 22.8 Å². The van der Waals surface area contributed by atoms with E-state index in [9.17, 15) is 13.6 Å². The van der Waals surface area contributed by atoms with Crippen molar-refractivity contribution >= 4 is 23.4 Å². The Morgan fingerprint density at radius 3 is 2.22 bits per heavy atom. The van der Waals surface area contributed by atoms with Crippen LogP contribution in [-0.2, 0) is 11.2 Å². The highest BCUT2D eigenvalue weighted by Crippen LogP contribution is 2.33. The highest BCUT2D eigenvalue weighted by Gasteiger charge is 2.28. The molecule has 190 valence electrons. The number of hydrogen-bond donors (Lipinski definition) is 1. The van der Waals surface area contributed by atoms with Crippen LogP contribution in [0.4, 0.5) is 30.9 Å². The van der Waals surface area contributed by atoms with Crippen molar-refractivity contribution in [2.24, 2.45) is 0 Å². The molecule has 10 heteroatoms. The minimum absolute atomic E-state index is 0.0283. The zero-order valence-electron chi connectivity index (χ0n) is 20.5. The molecule has 0 aliphatic heterocycles. The average Bonchev–Trinajstić information content (AvgIpc) is 2.83. The maximum absolute atomic E-state index is 13.4. The van der Waals surface area contributed by atoms with E-state index in [4.69, 9.17) is 15.2 Å². The van der Waals surface area contributed by atoms with Gasteiger partial charge in [-0.2, -0.15) is 0 Å². The Labute approximate surface area is 212 Å². The number of carbonyl (C=O) groups is 1. The van der Waals surface area contributed by atoms with Crippen LogP contribution in [0.15, 0.2) is 73.1 Å². The van der Waals surface area contributed by atoms with E-state index < -0.39 is 17.5 Å². The molecule has 0 radical (unpaired) electrons. The first kappa shape index (κ1) is 25.5. The molecule has 0 bridgehead atoms. The molecule has 37 heavy (non-hydrogen) atoms. The van der Waals surface area contributed by atoms with E-state index in [1.165, 1.54) is 35.4 Å². The van der Waals surface area contributed by atoms with Crippen LogP contribution in [0.5, 0.6) is 11.6 Å². The summed E-state index contributed by atoms with van der Waals surface area (Å²) in [5.41, 5.74) is 7.09. The van der Waals surface area contributed by atoms with Crippen LogP contribution in [0, 0.1) is 11.6 Å². The normalized spacial score (nSPS) is 11.2. The molecule has 4 aromatic rings. The number of nitrogen functional groups attached to an aromatic ring is 1. The Balaban J connectivity index is 1.71. The summed E-state index contributed by atoms with van der Waals surface area (Å²) in [5, 5.41) is 0. The first-order valence-electron chi connectivity index (χ1n) is 11.4. The van der Waals surface area contributed by atoms with Gasteiger partial charge in [-0.15, -0.1) is 0 Å². The summed E-state index contributed by atoms with van der Waals surface area (Å²) in [7, 11) is 0. The van der Waals surface area contributed by atoms with E-state index in [1.54, 1.807) is 57.2 Å². The minimum atomic E-state index is -0.779. The molecule has 2 aromatic heterocycles. The lowest BCUT2D eigenvalue weighted by atomic mass is 10.1. The lowest BCUT2D eigenvalue weighted by Gasteiger charge is -2.28. The molecule has 1 amide bonds. The van der Waals surface area contributed by atoms with E-state index in [0.717, 1.165) is 11.8 Å². The molecule has 4 rings (SSSR count). The summed E-state index contributed by atoms with van der Waals surface area (Å²) in [6.45, 7) is 5.28. The topological polar surface area (TPSA) is 103 Å². The SMILES string of the molecule is CC(C)(C)OC(=O)N(c1ccc(Oc2ccc(F)cn2)cc1)c1cnc(N)nc1Cc1ccc(F)cc1. The number of benzene rings is 2. The van der Waals surface area contributed by atoms with E-state index in [1.807, 2.05) is 0 Å². The van der Waals surface area contributed by atoms with Crippen molar-refractivity contribution < 1.29 is 23.0 Å². The zero-order valence-corrected chi connectivity index (χ0v) is 20.5. The Hall–Kier alpha value is -4.60. The van der Waals surface area contributed by atoms with E-state index in [-0.39, 0.29) is 24.1 Å². The van der Waals surface area contributed by atoms with Crippen LogP contribution in [0.1, 0.15) is 32.0 Å². The number of aromatic nitrogens is 3. The number of anilines is 3. The molecule has 2 aromatic carbocycles. The monoisotopic (exact) mass is 505 g/mol. The van der Waals surface area contributed by atoms with Gasteiger partial charge in [-0.3, -0.25) is 0 Å². The van der Waals surface area contributed by atoms with Crippen LogP contribution >= 0.6 is 0 Å². The number of carbonyl (C=O) groups excluding carboxylic acids is 1. The fourth-order valence-corrected chi connectivity index (χ4v) is 3.40. The van der Waals surface area contributed by atoms with Gasteiger partial charge in [-0.1, -0.05) is 12.1 Å². The smallest absolute Gasteiger partial charge is 0.419 e. The van der Waals surface area contributed by atoms with Gasteiger partial charge in [0.25, 0.3) is 0 Å². The molecule has 0 spiro atoms. The maximum Gasteiger partial charge on any atom is 0.419 e. The number of nitrogens with zero attached hydrogens (tertiary/aromatic N) is 4. The largest absolute Gasteiger partial charge is 0.443 e. The second kappa shape index (κ2) is 10.6. The summed E-state index contributed by atoms with van der Waals surface area (Å²) < 4.78 is 37.9. The van der Waals surface area contributed by atoms with E-state index in [2.05, 4.69) is 15.0 Å². The molecule has 0 aliphatic rings. The maximum atomic E-state index is 13.4. The Bertz CT molecular complexity index is 1370. The molecular formula is C27H25F2N5O3. The van der Waals surface area contributed by atoms with Gasteiger partial charge in [-0.25, -0.2) is 33.4 Å². The zero-order chi connectivity index (χ0) is 26.6. The van der Waals surface area contributed by atoms with Crippen molar-refractivity contribution in [2.75, 3.05) is 10.6 Å². The van der Waals surface area contributed by atoms with Crippen LogP contribution in [0.3, 0.4) is 0 Å². The van der Waals surface area contributed by atoms with Gasteiger partial charge < -0.3 is 15.2 Å². The molecule has 0 aliphatic carbocycles. The van der Waals surface area contributed by atoms with Crippen molar-refractivity contribution in [3.05, 3.63) is 95.9 Å². The number of rotatable bonds is 6. The summed E-state index contributed by atoms with van der Waals surface area (Å²) in [5.74, 6) is -0.170. The summed E-state index contributed by atoms with van der Waals surface area (Å²) in [4.78, 5) is 27.1. The summed E-state index contributed by atoms with van der Waals surface area (Å²) in [6.07, 6.45) is 2.10. The Morgan fingerprint density at radius 2 is 1.59 bits per heavy atom. The number of ether oxygens (including phenoxy) is 2. The molecule has 0 fully saturated rings. The molecular weight excluding hydrogens is 480 g/mol. The van der Waals surface area contributed by atoms with Gasteiger partial charge in [-0.05, 0) is 68.8 Å². The third-order valence-corrected chi connectivity index (χ3v) is 4.98. The van der Waals surface area contributed by atoms with Crippen LogP contribution in [0.25, 0.3) is 0 Å². The van der Waals surface area contributed by atoms with Crippen LogP contribution in [-0.4, -0.2) is 26.6 Å². The Kier molecular flexibility index (Phi) is 7.28. The molecule has 2 heterocycles. The van der Waals surface area contributed by atoms with Gasteiger partial charge in [0.1, 0.15) is 23.0 Å². The fraction of sp³-hybridized carbons (Fsp3) is 0.185. The standard InChI is InChI=1S/C27H25F2N5O3/c1-27(2,3)37-26(35)34(20-9-11-21(12-10-20)36-24-13-8-19(29)15-31-24)23-16-32-25(30)33-22(23)14-17-4-6-18(28)7-5-17/h4-13,15-16H,14H2,1-3H3,(H2,30,32,33). The third kappa shape index (κ3) is 6.75. The second-order valence-electron chi connectivity index (χ2n) is 9.09. The predicted molar refractivity (Wildman–Crippen MR) is 135 cm³/mol. The van der Waals surface area contributed by atoms with Gasteiger partial charge in [0.15, 0.2) is 0 Å². The number of pyridine rings is 1. The third-order valence-electron chi connectivity index (χ3n) is 4.98. The Morgan fingerprint density at radius 1 is 0.919 bits per heavy atom. The van der Waals surface area contributed by atoms with Gasteiger partial charge >= 0.3 is 6.09 Å². The first-order chi connectivity index (χ1) is 17.6. The lowest BCUT2D eigenvalue weighted by molar-refractivity contribution is 0.0598. The summed E-state index contributed by atoms with van der Waals surface area (Å²) in [6, 6.07) is 15.2. The highest BCUT2D eigenvalue weighted by molar-refractivity contribution is 5.96. The van der Waals surface area contributed by atoms with Crippen molar-refractivity contribution in [3.63, 3.8) is 0 Å². The second-order valence-corrected chi connectivity index (χ2v) is 9.09. The number of amides is 1. The fourth-order valence-electron chi connectivity index (χ4n) is 3.40. The van der Waals surface area contributed by atoms with Gasteiger partial charge in [0.05, 0.1) is 29.5 Å². The molecule has 0 unspecified atom stereocenters. The van der Waals surface area contributed by atoms with Crippen molar-refractivity contribution in [1.82, 2.24) is 15.0 Å². The van der Waals surface area contributed by atoms with Crippen LogP contribution in [0.2, 0.25) is 0 Å². The quantitative estimate of drug-likeness (QED) is 0.333. The molecule has 8 nitrogen and oxygen atoms in total. The number of hydrogen-bond acceptors (Lipinski definition) is 7. The lowest BCUT2D eigenvalue weighted by Crippen LogP contribution is -2.34. The minimum Gasteiger partial charge on any atom is -0.443 e. The predicted octanol–water partition coefficient (Wildman–Crippen LogP) is 6.19. The first-order valence-corrected chi connectivity index (χ1v) is 11.4. The molecule has 0 saturated heterocycles. The van der Waals surface area contributed by atoms with Gasteiger partial charge in [0, 0.05) is 12.5 Å². The number of halogens is 2. The molecule has 0 atom stereocenters. The highest BCUT2D eigenvalue weighted by atomic mass is 19.1. The van der Waals surface area contributed by atoms with E-state index >= 15 is 0 Å². The van der Waals surface area contributed by atoms with Crippen molar-refractivity contribution in [1.29, 1.82) is 0 Å². The van der Waals surface area contributed by atoms with Gasteiger partial charge in [0.2, 0.25) is 11.8 Å². The van der Waals surface area contributed by atoms with Crippen LogP contribution < -0.4 is 15.4 Å². The summed E-state index contributed by atoms with van der Waals surface area (Å²) >= 11 is 0. The molecule has 0 saturated carbocycles.